The van der Waals surface area contributed by atoms with Crippen LogP contribution in [0.5, 0.6) is 0 Å². The standard InChI is InChI=1S/C12H16ClF3N2/c1-4-8(2)7-18(3)11-5-9(12(14,15)16)10(13)6-17-11/h5-6,8H,4,7H2,1-3H3. The molecule has 1 heterocycles. The summed E-state index contributed by atoms with van der Waals surface area (Å²) >= 11 is 5.52. The monoisotopic (exact) mass is 280 g/mol. The molecule has 18 heavy (non-hydrogen) atoms. The Balaban J connectivity index is 2.98. The number of rotatable bonds is 4. The summed E-state index contributed by atoms with van der Waals surface area (Å²) in [4.78, 5) is 5.64. The van der Waals surface area contributed by atoms with Gasteiger partial charge >= 0.3 is 6.18 Å². The van der Waals surface area contributed by atoms with Gasteiger partial charge in [-0.3, -0.25) is 0 Å². The van der Waals surface area contributed by atoms with Crippen molar-refractivity contribution in [2.24, 2.45) is 5.92 Å². The van der Waals surface area contributed by atoms with Crippen molar-refractivity contribution in [3.05, 3.63) is 22.8 Å². The van der Waals surface area contributed by atoms with Gasteiger partial charge in [-0.25, -0.2) is 4.98 Å². The Morgan fingerprint density at radius 3 is 2.56 bits per heavy atom. The largest absolute Gasteiger partial charge is 0.418 e. The van der Waals surface area contributed by atoms with Crippen LogP contribution in [0.15, 0.2) is 12.3 Å². The van der Waals surface area contributed by atoms with Gasteiger partial charge in [0.1, 0.15) is 5.82 Å². The Hall–Kier alpha value is -0.970. The van der Waals surface area contributed by atoms with Crippen LogP contribution in [0, 0.1) is 5.92 Å². The van der Waals surface area contributed by atoms with Crippen LogP contribution >= 0.6 is 11.6 Å². The van der Waals surface area contributed by atoms with Gasteiger partial charge in [-0.1, -0.05) is 31.9 Å². The first-order valence-electron chi connectivity index (χ1n) is 5.69. The van der Waals surface area contributed by atoms with E-state index in [0.717, 1.165) is 18.7 Å². The number of aromatic nitrogens is 1. The first-order valence-corrected chi connectivity index (χ1v) is 6.07. The lowest BCUT2D eigenvalue weighted by molar-refractivity contribution is -0.137. The minimum Gasteiger partial charge on any atom is -0.359 e. The maximum atomic E-state index is 12.7. The molecule has 6 heteroatoms. The first kappa shape index (κ1) is 15.1. The molecule has 1 aromatic heterocycles. The fourth-order valence-corrected chi connectivity index (χ4v) is 1.75. The molecular formula is C12H16ClF3N2. The molecule has 0 aliphatic carbocycles. The zero-order valence-corrected chi connectivity index (χ0v) is 11.3. The van der Waals surface area contributed by atoms with Gasteiger partial charge < -0.3 is 4.90 Å². The SMILES string of the molecule is CCC(C)CN(C)c1cc(C(F)(F)F)c(Cl)cn1. The van der Waals surface area contributed by atoms with Crippen molar-refractivity contribution in [2.75, 3.05) is 18.5 Å². The number of alkyl halides is 3. The zero-order chi connectivity index (χ0) is 13.9. The predicted octanol–water partition coefficient (Wildman–Crippen LogP) is 4.24. The van der Waals surface area contributed by atoms with Crippen LogP contribution in [-0.2, 0) is 6.18 Å². The van der Waals surface area contributed by atoms with Gasteiger partial charge in [0.25, 0.3) is 0 Å². The third-order valence-electron chi connectivity index (χ3n) is 2.82. The van der Waals surface area contributed by atoms with E-state index in [9.17, 15) is 13.2 Å². The quantitative estimate of drug-likeness (QED) is 0.820. The molecule has 1 aromatic rings. The summed E-state index contributed by atoms with van der Waals surface area (Å²) in [6.45, 7) is 4.73. The fourth-order valence-electron chi connectivity index (χ4n) is 1.54. The summed E-state index contributed by atoms with van der Waals surface area (Å²) < 4.78 is 38.1. The average molecular weight is 281 g/mol. The second-order valence-corrected chi connectivity index (χ2v) is 4.82. The Morgan fingerprint density at radius 2 is 2.06 bits per heavy atom. The summed E-state index contributed by atoms with van der Waals surface area (Å²) in [5.41, 5.74) is -0.842. The molecule has 0 fully saturated rings. The topological polar surface area (TPSA) is 16.1 Å². The second-order valence-electron chi connectivity index (χ2n) is 4.41. The molecule has 0 radical (unpaired) electrons. The molecule has 1 unspecified atom stereocenters. The fraction of sp³-hybridized carbons (Fsp3) is 0.583. The average Bonchev–Trinajstić information content (AvgIpc) is 2.27. The number of anilines is 1. The third-order valence-corrected chi connectivity index (χ3v) is 3.12. The molecule has 1 rings (SSSR count). The predicted molar refractivity (Wildman–Crippen MR) is 67.0 cm³/mol. The van der Waals surface area contributed by atoms with Crippen molar-refractivity contribution < 1.29 is 13.2 Å². The lowest BCUT2D eigenvalue weighted by atomic mass is 10.1. The summed E-state index contributed by atoms with van der Waals surface area (Å²) in [6.07, 6.45) is -2.44. The molecule has 0 bridgehead atoms. The minimum absolute atomic E-state index is 0.284. The molecule has 0 spiro atoms. The first-order chi connectivity index (χ1) is 8.25. The maximum absolute atomic E-state index is 12.7. The summed E-state index contributed by atoms with van der Waals surface area (Å²) in [6, 6.07) is 0.991. The van der Waals surface area contributed by atoms with E-state index >= 15 is 0 Å². The highest BCUT2D eigenvalue weighted by Crippen LogP contribution is 2.35. The Morgan fingerprint density at radius 1 is 1.44 bits per heavy atom. The van der Waals surface area contributed by atoms with Crippen molar-refractivity contribution >= 4 is 17.4 Å². The van der Waals surface area contributed by atoms with Crippen molar-refractivity contribution in [3.63, 3.8) is 0 Å². The second kappa shape index (κ2) is 5.78. The van der Waals surface area contributed by atoms with E-state index in [4.69, 9.17) is 11.6 Å². The smallest absolute Gasteiger partial charge is 0.359 e. The highest BCUT2D eigenvalue weighted by atomic mass is 35.5. The van der Waals surface area contributed by atoms with Gasteiger partial charge in [-0.2, -0.15) is 13.2 Å². The lowest BCUT2D eigenvalue weighted by Crippen LogP contribution is -2.25. The van der Waals surface area contributed by atoms with Crippen molar-refractivity contribution in [2.45, 2.75) is 26.4 Å². The summed E-state index contributed by atoms with van der Waals surface area (Å²) in [7, 11) is 1.72. The van der Waals surface area contributed by atoms with E-state index in [1.54, 1.807) is 11.9 Å². The van der Waals surface area contributed by atoms with E-state index in [1.165, 1.54) is 0 Å². The summed E-state index contributed by atoms with van der Waals surface area (Å²) in [5, 5.41) is -0.372. The zero-order valence-electron chi connectivity index (χ0n) is 10.6. The van der Waals surface area contributed by atoms with Crippen LogP contribution in [-0.4, -0.2) is 18.6 Å². The van der Waals surface area contributed by atoms with Crippen molar-refractivity contribution in [1.82, 2.24) is 4.98 Å². The van der Waals surface area contributed by atoms with Gasteiger partial charge in [0.15, 0.2) is 0 Å². The maximum Gasteiger partial charge on any atom is 0.418 e. The highest BCUT2D eigenvalue weighted by molar-refractivity contribution is 6.31. The molecular weight excluding hydrogens is 265 g/mol. The molecule has 102 valence electrons. The van der Waals surface area contributed by atoms with Gasteiger partial charge in [0.2, 0.25) is 0 Å². The van der Waals surface area contributed by atoms with Crippen LogP contribution in [0.1, 0.15) is 25.8 Å². The van der Waals surface area contributed by atoms with E-state index < -0.39 is 11.7 Å². The number of pyridine rings is 1. The summed E-state index contributed by atoms with van der Waals surface area (Å²) in [5.74, 6) is 0.675. The molecule has 1 atom stereocenters. The van der Waals surface area contributed by atoms with Crippen LogP contribution in [0.3, 0.4) is 0 Å². The van der Waals surface area contributed by atoms with Crippen molar-refractivity contribution in [3.8, 4) is 0 Å². The van der Waals surface area contributed by atoms with E-state index in [1.807, 2.05) is 13.8 Å². The number of hydrogen-bond acceptors (Lipinski definition) is 2. The van der Waals surface area contributed by atoms with E-state index in [-0.39, 0.29) is 10.8 Å². The van der Waals surface area contributed by atoms with Gasteiger partial charge in [0.05, 0.1) is 10.6 Å². The van der Waals surface area contributed by atoms with E-state index in [0.29, 0.717) is 12.5 Å². The minimum atomic E-state index is -4.45. The third kappa shape index (κ3) is 3.77. The van der Waals surface area contributed by atoms with Crippen LogP contribution in [0.25, 0.3) is 0 Å². The molecule has 0 saturated heterocycles. The molecule has 2 nitrogen and oxygen atoms in total. The molecule has 0 amide bonds. The lowest BCUT2D eigenvalue weighted by Gasteiger charge is -2.22. The van der Waals surface area contributed by atoms with Crippen LogP contribution < -0.4 is 4.90 Å². The van der Waals surface area contributed by atoms with E-state index in [2.05, 4.69) is 4.98 Å². The Labute approximate surface area is 110 Å². The molecule has 0 aliphatic heterocycles. The molecule has 0 aliphatic rings. The van der Waals surface area contributed by atoms with Gasteiger partial charge in [-0.15, -0.1) is 0 Å². The van der Waals surface area contributed by atoms with Crippen LogP contribution in [0.4, 0.5) is 19.0 Å². The number of hydrogen-bond donors (Lipinski definition) is 0. The Bertz CT molecular complexity index is 407. The number of halogens is 4. The van der Waals surface area contributed by atoms with Crippen molar-refractivity contribution in [1.29, 1.82) is 0 Å². The van der Waals surface area contributed by atoms with Gasteiger partial charge in [-0.05, 0) is 12.0 Å². The highest BCUT2D eigenvalue weighted by Gasteiger charge is 2.34. The number of nitrogens with zero attached hydrogens (tertiary/aromatic N) is 2. The van der Waals surface area contributed by atoms with Crippen LogP contribution in [0.2, 0.25) is 5.02 Å². The molecule has 0 saturated carbocycles. The molecule has 0 N–H and O–H groups in total. The molecule has 0 aromatic carbocycles. The Kier molecular flexibility index (Phi) is 4.85. The van der Waals surface area contributed by atoms with Gasteiger partial charge in [0, 0.05) is 19.8 Å². The normalized spacial score (nSPS) is 13.5.